The number of hydroxylamine groups is 1. The minimum absolute atomic E-state index is 0.0379. The Morgan fingerprint density at radius 1 is 0.913 bits per heavy atom. The first-order valence-corrected chi connectivity index (χ1v) is 7.49. The summed E-state index contributed by atoms with van der Waals surface area (Å²) in [4.78, 5) is 20.6. The van der Waals surface area contributed by atoms with Gasteiger partial charge in [-0.15, -0.1) is 0 Å². The number of aromatic nitrogens is 2. The highest BCUT2D eigenvalue weighted by Crippen LogP contribution is 2.60. The van der Waals surface area contributed by atoms with Crippen LogP contribution >= 0.6 is 0 Å². The van der Waals surface area contributed by atoms with Gasteiger partial charge in [-0.25, -0.2) is 5.48 Å². The SMILES string of the molecule is O=C(NO)[C@@H]1[C@H](c2ccccc2)[C@H]1c1ccc2nccnc2c1. The van der Waals surface area contributed by atoms with Crippen LogP contribution in [0, 0.1) is 5.92 Å². The zero-order valence-corrected chi connectivity index (χ0v) is 12.3. The van der Waals surface area contributed by atoms with Crippen LogP contribution in [0.25, 0.3) is 11.0 Å². The van der Waals surface area contributed by atoms with Crippen LogP contribution in [0.5, 0.6) is 0 Å². The third-order valence-electron chi connectivity index (χ3n) is 4.50. The maximum Gasteiger partial charge on any atom is 0.247 e. The lowest BCUT2D eigenvalue weighted by atomic mass is 10.0. The number of hydrogen-bond acceptors (Lipinski definition) is 4. The van der Waals surface area contributed by atoms with Gasteiger partial charge in [0.05, 0.1) is 17.0 Å². The molecule has 4 rings (SSSR count). The van der Waals surface area contributed by atoms with Gasteiger partial charge in [-0.1, -0.05) is 36.4 Å². The number of nitrogens with one attached hydrogen (secondary N) is 1. The van der Waals surface area contributed by atoms with Crippen LogP contribution in [-0.4, -0.2) is 21.1 Å². The summed E-state index contributed by atoms with van der Waals surface area (Å²) in [5, 5.41) is 9.02. The molecule has 0 unspecified atom stereocenters. The molecule has 5 nitrogen and oxygen atoms in total. The molecule has 1 saturated carbocycles. The summed E-state index contributed by atoms with van der Waals surface area (Å²) in [5.74, 6) is -0.506. The minimum atomic E-state index is -0.344. The molecule has 1 amide bonds. The predicted molar refractivity (Wildman–Crippen MR) is 84.9 cm³/mol. The van der Waals surface area contributed by atoms with E-state index < -0.39 is 0 Å². The first-order chi connectivity index (χ1) is 11.3. The predicted octanol–water partition coefficient (Wildman–Crippen LogP) is 2.63. The second-order valence-corrected chi connectivity index (χ2v) is 5.77. The van der Waals surface area contributed by atoms with Crippen LogP contribution in [-0.2, 0) is 4.79 Å². The second-order valence-electron chi connectivity index (χ2n) is 5.77. The van der Waals surface area contributed by atoms with E-state index >= 15 is 0 Å². The van der Waals surface area contributed by atoms with Crippen molar-refractivity contribution in [2.75, 3.05) is 0 Å². The van der Waals surface area contributed by atoms with E-state index in [1.54, 1.807) is 17.9 Å². The number of amides is 1. The van der Waals surface area contributed by atoms with E-state index in [0.29, 0.717) is 0 Å². The zero-order chi connectivity index (χ0) is 15.8. The highest BCUT2D eigenvalue weighted by molar-refractivity contribution is 5.85. The minimum Gasteiger partial charge on any atom is -0.289 e. The highest BCUT2D eigenvalue weighted by Gasteiger charge is 2.56. The number of rotatable bonds is 3. The number of nitrogens with zero attached hydrogens (tertiary/aromatic N) is 2. The molecule has 1 aromatic heterocycles. The van der Waals surface area contributed by atoms with E-state index in [4.69, 9.17) is 5.21 Å². The summed E-state index contributed by atoms with van der Waals surface area (Å²) >= 11 is 0. The second kappa shape index (κ2) is 5.44. The summed E-state index contributed by atoms with van der Waals surface area (Å²) in [5.41, 5.74) is 5.58. The molecule has 3 atom stereocenters. The molecule has 114 valence electrons. The average molecular weight is 305 g/mol. The largest absolute Gasteiger partial charge is 0.289 e. The van der Waals surface area contributed by atoms with E-state index in [-0.39, 0.29) is 23.7 Å². The molecule has 1 heterocycles. The van der Waals surface area contributed by atoms with Gasteiger partial charge in [-0.3, -0.25) is 20.0 Å². The Balaban J connectivity index is 1.74. The molecule has 1 fully saturated rings. The van der Waals surface area contributed by atoms with E-state index in [1.165, 1.54) is 0 Å². The Morgan fingerprint density at radius 2 is 1.61 bits per heavy atom. The molecule has 0 aliphatic heterocycles. The molecule has 5 heteroatoms. The van der Waals surface area contributed by atoms with Crippen LogP contribution in [0.2, 0.25) is 0 Å². The first kappa shape index (κ1) is 13.8. The number of benzene rings is 2. The quantitative estimate of drug-likeness (QED) is 0.576. The van der Waals surface area contributed by atoms with Crippen molar-refractivity contribution < 1.29 is 10.0 Å². The molecular formula is C18H15N3O2. The molecule has 0 radical (unpaired) electrons. The molecule has 1 aliphatic carbocycles. The van der Waals surface area contributed by atoms with Crippen LogP contribution < -0.4 is 5.48 Å². The molecule has 0 saturated heterocycles. The van der Waals surface area contributed by atoms with Crippen molar-refractivity contribution in [1.82, 2.24) is 15.4 Å². The van der Waals surface area contributed by atoms with Gasteiger partial charge in [0.15, 0.2) is 0 Å². The van der Waals surface area contributed by atoms with Crippen molar-refractivity contribution in [3.05, 3.63) is 72.1 Å². The maximum atomic E-state index is 12.0. The Kier molecular flexibility index (Phi) is 3.28. The summed E-state index contributed by atoms with van der Waals surface area (Å²) in [6.45, 7) is 0. The van der Waals surface area contributed by atoms with Crippen molar-refractivity contribution in [3.63, 3.8) is 0 Å². The van der Waals surface area contributed by atoms with Gasteiger partial charge in [0, 0.05) is 24.2 Å². The summed E-state index contributed by atoms with van der Waals surface area (Å²) < 4.78 is 0. The highest BCUT2D eigenvalue weighted by atomic mass is 16.5. The Morgan fingerprint density at radius 3 is 2.35 bits per heavy atom. The average Bonchev–Trinajstić information content (AvgIpc) is 3.37. The summed E-state index contributed by atoms with van der Waals surface area (Å²) in [6.07, 6.45) is 3.32. The van der Waals surface area contributed by atoms with Crippen molar-refractivity contribution in [2.24, 2.45) is 5.92 Å². The number of hydrogen-bond donors (Lipinski definition) is 2. The lowest BCUT2D eigenvalue weighted by Crippen LogP contribution is -2.21. The molecule has 0 bridgehead atoms. The zero-order valence-electron chi connectivity index (χ0n) is 12.3. The number of carbonyl (C=O) groups is 1. The molecule has 3 aromatic rings. The van der Waals surface area contributed by atoms with Crippen molar-refractivity contribution in [1.29, 1.82) is 0 Å². The van der Waals surface area contributed by atoms with E-state index in [0.717, 1.165) is 22.2 Å². The normalized spacial score (nSPS) is 22.7. The van der Waals surface area contributed by atoms with E-state index in [2.05, 4.69) is 9.97 Å². The van der Waals surface area contributed by atoms with E-state index in [1.807, 2.05) is 48.5 Å². The molecule has 23 heavy (non-hydrogen) atoms. The van der Waals surface area contributed by atoms with Crippen LogP contribution in [0.1, 0.15) is 23.0 Å². The van der Waals surface area contributed by atoms with Gasteiger partial charge in [0.25, 0.3) is 0 Å². The monoisotopic (exact) mass is 305 g/mol. The van der Waals surface area contributed by atoms with Crippen LogP contribution in [0.4, 0.5) is 0 Å². The fourth-order valence-corrected chi connectivity index (χ4v) is 3.40. The van der Waals surface area contributed by atoms with Gasteiger partial charge in [-0.05, 0) is 23.3 Å². The molecule has 2 aromatic carbocycles. The number of carbonyl (C=O) groups excluding carboxylic acids is 1. The lowest BCUT2D eigenvalue weighted by Gasteiger charge is -2.02. The van der Waals surface area contributed by atoms with Crippen molar-refractivity contribution >= 4 is 16.9 Å². The third-order valence-corrected chi connectivity index (χ3v) is 4.50. The Bertz CT molecular complexity index is 866. The maximum absolute atomic E-state index is 12.0. The van der Waals surface area contributed by atoms with Crippen LogP contribution in [0.15, 0.2) is 60.9 Å². The fraction of sp³-hybridized carbons (Fsp3) is 0.167. The van der Waals surface area contributed by atoms with Gasteiger partial charge in [0.1, 0.15) is 0 Å². The molecule has 1 aliphatic rings. The van der Waals surface area contributed by atoms with Crippen molar-refractivity contribution in [2.45, 2.75) is 11.8 Å². The Labute approximate surface area is 133 Å². The molecule has 0 spiro atoms. The smallest absolute Gasteiger partial charge is 0.247 e. The first-order valence-electron chi connectivity index (χ1n) is 7.49. The third kappa shape index (κ3) is 2.35. The summed E-state index contributed by atoms with van der Waals surface area (Å²) in [7, 11) is 0. The van der Waals surface area contributed by atoms with Gasteiger partial charge >= 0.3 is 0 Å². The lowest BCUT2D eigenvalue weighted by molar-refractivity contribution is -0.130. The number of fused-ring (bicyclic) bond motifs is 1. The van der Waals surface area contributed by atoms with Crippen molar-refractivity contribution in [3.8, 4) is 0 Å². The van der Waals surface area contributed by atoms with Crippen LogP contribution in [0.3, 0.4) is 0 Å². The topological polar surface area (TPSA) is 75.1 Å². The van der Waals surface area contributed by atoms with Gasteiger partial charge < -0.3 is 0 Å². The standard InChI is InChI=1S/C18H15N3O2/c22-18(21-23)17-15(11-4-2-1-3-5-11)16(17)12-6-7-13-14(10-12)20-9-8-19-13/h1-10,15-17,23H,(H,21,22)/t15-,16-,17-/m1/s1. The van der Waals surface area contributed by atoms with E-state index in [9.17, 15) is 4.79 Å². The Hall–Kier alpha value is -2.79. The van der Waals surface area contributed by atoms with Gasteiger partial charge in [0.2, 0.25) is 5.91 Å². The summed E-state index contributed by atoms with van der Waals surface area (Å²) in [6, 6.07) is 15.8. The molecular weight excluding hydrogens is 290 g/mol. The van der Waals surface area contributed by atoms with Gasteiger partial charge in [-0.2, -0.15) is 0 Å². The molecule has 2 N–H and O–H groups in total. The fourth-order valence-electron chi connectivity index (χ4n) is 3.40.